The van der Waals surface area contributed by atoms with Crippen LogP contribution in [0.25, 0.3) is 0 Å². The van der Waals surface area contributed by atoms with Crippen molar-refractivity contribution in [2.45, 2.75) is 39.2 Å². The first-order valence-corrected chi connectivity index (χ1v) is 6.59. The van der Waals surface area contributed by atoms with Gasteiger partial charge in [0.25, 0.3) is 0 Å². The van der Waals surface area contributed by atoms with Crippen LogP contribution < -0.4 is 4.74 Å². The minimum atomic E-state index is -1.02. The van der Waals surface area contributed by atoms with Crippen LogP contribution in [0.1, 0.15) is 43.5 Å². The molecule has 5 heteroatoms. The molecule has 0 radical (unpaired) electrons. The van der Waals surface area contributed by atoms with E-state index in [2.05, 4.69) is 0 Å². The Morgan fingerprint density at radius 3 is 2.53 bits per heavy atom. The first-order valence-electron chi connectivity index (χ1n) is 6.21. The summed E-state index contributed by atoms with van der Waals surface area (Å²) < 4.78 is 5.31. The number of carboxylic acid groups (broad SMARTS) is 1. The Hall–Kier alpha value is -1.55. The highest BCUT2D eigenvalue weighted by Crippen LogP contribution is 2.25. The molecule has 1 aromatic carbocycles. The van der Waals surface area contributed by atoms with Gasteiger partial charge < -0.3 is 9.84 Å². The Bertz CT molecular complexity index is 471. The van der Waals surface area contributed by atoms with Gasteiger partial charge in [-0.2, -0.15) is 0 Å². The predicted molar refractivity (Wildman–Crippen MR) is 73.0 cm³/mol. The third kappa shape index (κ3) is 4.24. The van der Waals surface area contributed by atoms with Crippen molar-refractivity contribution in [2.24, 2.45) is 0 Å². The van der Waals surface area contributed by atoms with Gasteiger partial charge in [-0.05, 0) is 31.0 Å². The third-order valence-corrected chi connectivity index (χ3v) is 2.96. The summed E-state index contributed by atoms with van der Waals surface area (Å²) in [6.07, 6.45) is 0.633. The van der Waals surface area contributed by atoms with E-state index in [0.717, 1.165) is 6.42 Å². The van der Waals surface area contributed by atoms with Crippen LogP contribution in [-0.2, 0) is 4.79 Å². The lowest BCUT2D eigenvalue weighted by atomic mass is 10.1. The van der Waals surface area contributed by atoms with E-state index in [1.807, 2.05) is 6.92 Å². The standard InChI is InChI=1S/C14H17ClO4/c1-3-5-12(16)10-7-6-9(8-11(10)15)19-13(4-2)14(17)18/h6-8,13H,3-5H2,1-2H3,(H,17,18). The molecule has 0 saturated heterocycles. The van der Waals surface area contributed by atoms with Crippen molar-refractivity contribution < 1.29 is 19.4 Å². The summed E-state index contributed by atoms with van der Waals surface area (Å²) in [5, 5.41) is 9.19. The summed E-state index contributed by atoms with van der Waals surface area (Å²) >= 11 is 6.02. The average Bonchev–Trinajstić information content (AvgIpc) is 2.35. The van der Waals surface area contributed by atoms with Crippen LogP contribution in [-0.4, -0.2) is 23.0 Å². The van der Waals surface area contributed by atoms with Gasteiger partial charge in [0.05, 0.1) is 5.02 Å². The lowest BCUT2D eigenvalue weighted by molar-refractivity contribution is -0.145. The largest absolute Gasteiger partial charge is 0.479 e. The van der Waals surface area contributed by atoms with Gasteiger partial charge in [-0.3, -0.25) is 4.79 Å². The second kappa shape index (κ2) is 7.14. The number of benzene rings is 1. The summed E-state index contributed by atoms with van der Waals surface area (Å²) in [4.78, 5) is 22.6. The van der Waals surface area contributed by atoms with Crippen molar-refractivity contribution in [3.8, 4) is 5.75 Å². The van der Waals surface area contributed by atoms with E-state index in [4.69, 9.17) is 21.4 Å². The van der Waals surface area contributed by atoms with Crippen LogP contribution >= 0.6 is 11.6 Å². The monoisotopic (exact) mass is 284 g/mol. The molecule has 1 rings (SSSR count). The molecule has 0 bridgehead atoms. The normalized spacial score (nSPS) is 11.9. The fourth-order valence-electron chi connectivity index (χ4n) is 1.63. The maximum Gasteiger partial charge on any atom is 0.344 e. The van der Waals surface area contributed by atoms with Gasteiger partial charge in [-0.15, -0.1) is 0 Å². The predicted octanol–water partition coefficient (Wildman–Crippen LogP) is 3.56. The number of halogens is 1. The van der Waals surface area contributed by atoms with Gasteiger partial charge in [0.2, 0.25) is 0 Å². The molecule has 104 valence electrons. The zero-order chi connectivity index (χ0) is 14.4. The van der Waals surface area contributed by atoms with Crippen LogP contribution in [0.2, 0.25) is 5.02 Å². The van der Waals surface area contributed by atoms with Gasteiger partial charge in [0, 0.05) is 12.0 Å². The van der Waals surface area contributed by atoms with Crippen molar-refractivity contribution in [1.82, 2.24) is 0 Å². The number of carboxylic acids is 1. The number of rotatable bonds is 7. The molecule has 19 heavy (non-hydrogen) atoms. The molecule has 0 amide bonds. The van der Waals surface area contributed by atoms with Gasteiger partial charge >= 0.3 is 5.97 Å². The SMILES string of the molecule is CCCC(=O)c1ccc(OC(CC)C(=O)O)cc1Cl. The second-order valence-electron chi connectivity index (χ2n) is 4.17. The first kappa shape index (κ1) is 15.5. The number of aliphatic carboxylic acids is 1. The topological polar surface area (TPSA) is 63.6 Å². The second-order valence-corrected chi connectivity index (χ2v) is 4.58. The molecule has 0 fully saturated rings. The van der Waals surface area contributed by atoms with Gasteiger partial charge in [0.15, 0.2) is 11.9 Å². The number of carbonyl (C=O) groups is 2. The van der Waals surface area contributed by atoms with Crippen LogP contribution in [0.4, 0.5) is 0 Å². The van der Waals surface area contributed by atoms with Crippen molar-refractivity contribution in [1.29, 1.82) is 0 Å². The highest BCUT2D eigenvalue weighted by Gasteiger charge is 2.18. The number of ether oxygens (including phenoxy) is 1. The van der Waals surface area contributed by atoms with E-state index >= 15 is 0 Å². The highest BCUT2D eigenvalue weighted by atomic mass is 35.5. The van der Waals surface area contributed by atoms with Crippen molar-refractivity contribution in [3.05, 3.63) is 28.8 Å². The fraction of sp³-hybridized carbons (Fsp3) is 0.429. The zero-order valence-electron chi connectivity index (χ0n) is 11.0. The molecular formula is C14H17ClO4. The minimum Gasteiger partial charge on any atom is -0.479 e. The van der Waals surface area contributed by atoms with Crippen LogP contribution in [0.3, 0.4) is 0 Å². The van der Waals surface area contributed by atoms with E-state index in [1.165, 1.54) is 6.07 Å². The van der Waals surface area contributed by atoms with Crippen LogP contribution in [0.15, 0.2) is 18.2 Å². The smallest absolute Gasteiger partial charge is 0.344 e. The lowest BCUT2D eigenvalue weighted by Gasteiger charge is -2.14. The molecule has 0 saturated carbocycles. The van der Waals surface area contributed by atoms with E-state index in [0.29, 0.717) is 24.2 Å². The van der Waals surface area contributed by atoms with Crippen LogP contribution in [0.5, 0.6) is 5.75 Å². The third-order valence-electron chi connectivity index (χ3n) is 2.64. The number of hydrogen-bond donors (Lipinski definition) is 1. The Morgan fingerprint density at radius 1 is 1.37 bits per heavy atom. The Labute approximate surface area is 117 Å². The van der Waals surface area contributed by atoms with E-state index in [-0.39, 0.29) is 10.8 Å². The quantitative estimate of drug-likeness (QED) is 0.778. The maximum atomic E-state index is 11.7. The molecule has 0 spiro atoms. The molecule has 1 N–H and O–H groups in total. The van der Waals surface area contributed by atoms with E-state index in [1.54, 1.807) is 19.1 Å². The number of carbonyl (C=O) groups excluding carboxylic acids is 1. The Balaban J connectivity index is 2.87. The molecular weight excluding hydrogens is 268 g/mol. The number of Topliss-reactive ketones (excluding diaryl/α,β-unsaturated/α-hetero) is 1. The van der Waals surface area contributed by atoms with Gasteiger partial charge in [0.1, 0.15) is 5.75 Å². The van der Waals surface area contributed by atoms with Crippen LogP contribution in [0, 0.1) is 0 Å². The summed E-state index contributed by atoms with van der Waals surface area (Å²) in [6.45, 7) is 3.64. The first-order chi connectivity index (χ1) is 8.99. The van der Waals surface area contributed by atoms with Crippen molar-refractivity contribution in [2.75, 3.05) is 0 Å². The average molecular weight is 285 g/mol. The molecule has 0 heterocycles. The molecule has 0 aliphatic heterocycles. The molecule has 4 nitrogen and oxygen atoms in total. The van der Waals surface area contributed by atoms with Crippen molar-refractivity contribution in [3.63, 3.8) is 0 Å². The summed E-state index contributed by atoms with van der Waals surface area (Å²) in [5.41, 5.74) is 0.444. The zero-order valence-corrected chi connectivity index (χ0v) is 11.7. The fourth-order valence-corrected chi connectivity index (χ4v) is 1.91. The molecule has 1 unspecified atom stereocenters. The molecule has 1 atom stereocenters. The number of hydrogen-bond acceptors (Lipinski definition) is 3. The Kier molecular flexibility index (Phi) is 5.83. The Morgan fingerprint density at radius 2 is 2.05 bits per heavy atom. The van der Waals surface area contributed by atoms with E-state index < -0.39 is 12.1 Å². The van der Waals surface area contributed by atoms with E-state index in [9.17, 15) is 9.59 Å². The lowest BCUT2D eigenvalue weighted by Crippen LogP contribution is -2.25. The van der Waals surface area contributed by atoms with Gasteiger partial charge in [-0.1, -0.05) is 25.4 Å². The highest BCUT2D eigenvalue weighted by molar-refractivity contribution is 6.34. The van der Waals surface area contributed by atoms with Crippen molar-refractivity contribution >= 4 is 23.4 Å². The molecule has 0 aromatic heterocycles. The molecule has 0 aliphatic rings. The maximum absolute atomic E-state index is 11.7. The molecule has 1 aromatic rings. The summed E-state index contributed by atoms with van der Waals surface area (Å²) in [5.74, 6) is -0.693. The minimum absolute atomic E-state index is 0.0238. The number of ketones is 1. The summed E-state index contributed by atoms with van der Waals surface area (Å²) in [7, 11) is 0. The summed E-state index contributed by atoms with van der Waals surface area (Å²) in [6, 6.07) is 4.63. The van der Waals surface area contributed by atoms with Gasteiger partial charge in [-0.25, -0.2) is 4.79 Å². The molecule has 0 aliphatic carbocycles.